The van der Waals surface area contributed by atoms with Crippen molar-refractivity contribution in [3.63, 3.8) is 0 Å². The molecule has 1 unspecified atom stereocenters. The summed E-state index contributed by atoms with van der Waals surface area (Å²) in [7, 11) is 0. The summed E-state index contributed by atoms with van der Waals surface area (Å²) in [5.74, 6) is 0.201. The average Bonchev–Trinajstić information content (AvgIpc) is 2.29. The molecule has 1 aliphatic heterocycles. The Morgan fingerprint density at radius 2 is 2.44 bits per heavy atom. The first kappa shape index (κ1) is 11.1. The second-order valence-corrected chi connectivity index (χ2v) is 3.90. The molecular weight excluding hydrogens is 230 g/mol. The van der Waals surface area contributed by atoms with Gasteiger partial charge in [-0.3, -0.25) is 9.78 Å². The minimum atomic E-state index is -0.401. The molecule has 6 nitrogen and oxygen atoms in total. The Morgan fingerprint density at radius 1 is 1.62 bits per heavy atom. The molecule has 0 aromatic carbocycles. The SMILES string of the molecule is NC(=O)C1CNCCN1c1cncc(Cl)n1. The number of nitrogens with one attached hydrogen (secondary N) is 1. The number of nitrogens with zero attached hydrogens (tertiary/aromatic N) is 3. The summed E-state index contributed by atoms with van der Waals surface area (Å²) in [4.78, 5) is 21.2. The molecule has 86 valence electrons. The lowest BCUT2D eigenvalue weighted by Crippen LogP contribution is -2.57. The van der Waals surface area contributed by atoms with Gasteiger partial charge in [0.15, 0.2) is 0 Å². The topological polar surface area (TPSA) is 84.1 Å². The lowest BCUT2D eigenvalue weighted by atomic mass is 10.2. The molecule has 0 saturated carbocycles. The molecule has 1 aromatic rings. The fraction of sp³-hybridized carbons (Fsp3) is 0.444. The van der Waals surface area contributed by atoms with E-state index in [-0.39, 0.29) is 5.91 Å². The Hall–Kier alpha value is -1.40. The van der Waals surface area contributed by atoms with Crippen LogP contribution < -0.4 is 16.0 Å². The summed E-state index contributed by atoms with van der Waals surface area (Å²) in [6.45, 7) is 1.95. The van der Waals surface area contributed by atoms with Crippen molar-refractivity contribution < 1.29 is 4.79 Å². The molecule has 2 heterocycles. The number of carbonyl (C=O) groups excluding carboxylic acids is 1. The van der Waals surface area contributed by atoms with E-state index in [0.717, 1.165) is 6.54 Å². The molecule has 3 N–H and O–H groups in total. The fourth-order valence-corrected chi connectivity index (χ4v) is 1.85. The minimum absolute atomic E-state index is 0.305. The van der Waals surface area contributed by atoms with Crippen LogP contribution in [0.3, 0.4) is 0 Å². The molecule has 0 radical (unpaired) electrons. The van der Waals surface area contributed by atoms with Crippen molar-refractivity contribution in [2.45, 2.75) is 6.04 Å². The van der Waals surface area contributed by atoms with Crippen molar-refractivity contribution in [2.75, 3.05) is 24.5 Å². The number of piperazine rings is 1. The smallest absolute Gasteiger partial charge is 0.241 e. The van der Waals surface area contributed by atoms with Gasteiger partial charge in [-0.1, -0.05) is 11.6 Å². The van der Waals surface area contributed by atoms with E-state index >= 15 is 0 Å². The van der Waals surface area contributed by atoms with Crippen molar-refractivity contribution >= 4 is 23.3 Å². The number of primary amides is 1. The molecular formula is C9H12ClN5O. The van der Waals surface area contributed by atoms with E-state index in [1.807, 2.05) is 4.90 Å². The number of halogens is 1. The maximum atomic E-state index is 11.3. The van der Waals surface area contributed by atoms with Gasteiger partial charge in [-0.05, 0) is 0 Å². The van der Waals surface area contributed by atoms with Crippen LogP contribution in [0, 0.1) is 0 Å². The number of hydrogen-bond acceptors (Lipinski definition) is 5. The molecule has 1 fully saturated rings. The molecule has 2 rings (SSSR count). The zero-order valence-electron chi connectivity index (χ0n) is 8.56. The van der Waals surface area contributed by atoms with Crippen molar-refractivity contribution in [1.29, 1.82) is 0 Å². The van der Waals surface area contributed by atoms with Crippen molar-refractivity contribution in [3.05, 3.63) is 17.5 Å². The predicted molar refractivity (Wildman–Crippen MR) is 60.2 cm³/mol. The second kappa shape index (κ2) is 4.63. The van der Waals surface area contributed by atoms with Crippen molar-refractivity contribution in [1.82, 2.24) is 15.3 Å². The average molecular weight is 242 g/mol. The van der Waals surface area contributed by atoms with E-state index in [1.54, 1.807) is 6.20 Å². The van der Waals surface area contributed by atoms with Gasteiger partial charge in [0.1, 0.15) is 17.0 Å². The molecule has 0 bridgehead atoms. The van der Waals surface area contributed by atoms with E-state index in [9.17, 15) is 4.79 Å². The monoisotopic (exact) mass is 241 g/mol. The molecule has 0 aliphatic carbocycles. The van der Waals surface area contributed by atoms with Gasteiger partial charge in [-0.2, -0.15) is 0 Å². The zero-order chi connectivity index (χ0) is 11.5. The number of nitrogens with two attached hydrogens (primary N) is 1. The number of hydrogen-bond donors (Lipinski definition) is 2. The van der Waals surface area contributed by atoms with Crippen LogP contribution in [-0.4, -0.2) is 41.6 Å². The number of rotatable bonds is 2. The van der Waals surface area contributed by atoms with Gasteiger partial charge in [0.25, 0.3) is 0 Å². The normalized spacial score (nSPS) is 20.8. The molecule has 1 saturated heterocycles. The lowest BCUT2D eigenvalue weighted by molar-refractivity contribution is -0.119. The Bertz CT molecular complexity index is 399. The molecule has 1 atom stereocenters. The Labute approximate surface area is 97.8 Å². The van der Waals surface area contributed by atoms with E-state index in [0.29, 0.717) is 24.1 Å². The lowest BCUT2D eigenvalue weighted by Gasteiger charge is -2.34. The Kier molecular flexibility index (Phi) is 3.21. The maximum absolute atomic E-state index is 11.3. The Morgan fingerprint density at radius 3 is 3.12 bits per heavy atom. The molecule has 16 heavy (non-hydrogen) atoms. The van der Waals surface area contributed by atoms with Crippen LogP contribution in [0.2, 0.25) is 5.15 Å². The van der Waals surface area contributed by atoms with Gasteiger partial charge in [-0.15, -0.1) is 0 Å². The summed E-state index contributed by atoms with van der Waals surface area (Å²) in [5.41, 5.74) is 5.33. The van der Waals surface area contributed by atoms with Gasteiger partial charge in [0, 0.05) is 19.6 Å². The highest BCUT2D eigenvalue weighted by atomic mass is 35.5. The van der Waals surface area contributed by atoms with Gasteiger partial charge in [0.05, 0.1) is 12.4 Å². The summed E-state index contributed by atoms with van der Waals surface area (Å²) in [6.07, 6.45) is 3.03. The highest BCUT2D eigenvalue weighted by Crippen LogP contribution is 2.16. The molecule has 7 heteroatoms. The first-order valence-electron chi connectivity index (χ1n) is 4.92. The quantitative estimate of drug-likeness (QED) is 0.722. The van der Waals surface area contributed by atoms with Crippen LogP contribution in [0.5, 0.6) is 0 Å². The van der Waals surface area contributed by atoms with Gasteiger partial charge in [0.2, 0.25) is 5.91 Å². The van der Waals surface area contributed by atoms with E-state index in [2.05, 4.69) is 15.3 Å². The first-order valence-corrected chi connectivity index (χ1v) is 5.30. The van der Waals surface area contributed by atoms with Crippen LogP contribution >= 0.6 is 11.6 Å². The molecule has 1 amide bonds. The fourth-order valence-electron chi connectivity index (χ4n) is 1.70. The number of amides is 1. The van der Waals surface area contributed by atoms with Crippen LogP contribution in [0.4, 0.5) is 5.82 Å². The number of anilines is 1. The van der Waals surface area contributed by atoms with Crippen LogP contribution in [-0.2, 0) is 4.79 Å². The minimum Gasteiger partial charge on any atom is -0.368 e. The summed E-state index contributed by atoms with van der Waals surface area (Å²) < 4.78 is 0. The standard InChI is InChI=1S/C9H12ClN5O/c10-7-4-13-5-8(14-7)15-2-1-12-3-6(15)9(11)16/h4-6,12H,1-3H2,(H2,11,16). The number of carbonyl (C=O) groups is 1. The predicted octanol–water partition coefficient (Wildman–Crippen LogP) is -0.607. The highest BCUT2D eigenvalue weighted by molar-refractivity contribution is 6.29. The van der Waals surface area contributed by atoms with Crippen LogP contribution in [0.15, 0.2) is 12.4 Å². The zero-order valence-corrected chi connectivity index (χ0v) is 9.31. The van der Waals surface area contributed by atoms with Crippen molar-refractivity contribution in [3.8, 4) is 0 Å². The highest BCUT2D eigenvalue weighted by Gasteiger charge is 2.27. The van der Waals surface area contributed by atoms with Crippen molar-refractivity contribution in [2.24, 2.45) is 5.73 Å². The maximum Gasteiger partial charge on any atom is 0.241 e. The summed E-state index contributed by atoms with van der Waals surface area (Å²) in [6, 6.07) is -0.401. The van der Waals surface area contributed by atoms with E-state index in [4.69, 9.17) is 17.3 Å². The molecule has 0 spiro atoms. The van der Waals surface area contributed by atoms with Crippen LogP contribution in [0.1, 0.15) is 0 Å². The number of aromatic nitrogens is 2. The first-order chi connectivity index (χ1) is 7.68. The molecule has 1 aliphatic rings. The third-order valence-electron chi connectivity index (χ3n) is 2.46. The molecule has 1 aromatic heterocycles. The Balaban J connectivity index is 2.26. The largest absolute Gasteiger partial charge is 0.368 e. The second-order valence-electron chi connectivity index (χ2n) is 3.52. The van der Waals surface area contributed by atoms with Gasteiger partial charge < -0.3 is 16.0 Å². The third-order valence-corrected chi connectivity index (χ3v) is 2.64. The van der Waals surface area contributed by atoms with E-state index in [1.165, 1.54) is 6.20 Å². The summed E-state index contributed by atoms with van der Waals surface area (Å²) >= 11 is 5.76. The van der Waals surface area contributed by atoms with E-state index < -0.39 is 6.04 Å². The third kappa shape index (κ3) is 2.23. The van der Waals surface area contributed by atoms with Gasteiger partial charge >= 0.3 is 0 Å². The van der Waals surface area contributed by atoms with Gasteiger partial charge in [-0.25, -0.2) is 4.98 Å². The summed E-state index contributed by atoms with van der Waals surface area (Å²) in [5, 5.41) is 3.41. The van der Waals surface area contributed by atoms with Crippen LogP contribution in [0.25, 0.3) is 0 Å².